The minimum Gasteiger partial charge on any atom is -0.379 e. The van der Waals surface area contributed by atoms with Crippen LogP contribution >= 0.6 is 16.0 Å². The Morgan fingerprint density at radius 3 is 2.27 bits per heavy atom. The second-order valence-electron chi connectivity index (χ2n) is 1.96. The van der Waals surface area contributed by atoms with Crippen molar-refractivity contribution in [3.63, 3.8) is 0 Å². The third-order valence-corrected chi connectivity index (χ3v) is 3.01. The molecule has 0 aliphatic rings. The van der Waals surface area contributed by atoms with Crippen molar-refractivity contribution in [1.82, 2.24) is 0 Å². The molecule has 0 amide bonds. The first-order chi connectivity index (χ1) is 5.27. The van der Waals surface area contributed by atoms with E-state index in [1.54, 1.807) is 0 Å². The van der Waals surface area contributed by atoms with Crippen molar-refractivity contribution in [1.29, 1.82) is 0 Å². The van der Waals surface area contributed by atoms with Crippen LogP contribution in [0.15, 0.2) is 0 Å². The molecule has 11 heavy (non-hydrogen) atoms. The summed E-state index contributed by atoms with van der Waals surface area (Å²) in [7, 11) is 6.76. The van der Waals surface area contributed by atoms with Gasteiger partial charge in [0.15, 0.2) is 0 Å². The van der Waals surface area contributed by atoms with Crippen LogP contribution in [0.2, 0.25) is 0 Å². The van der Waals surface area contributed by atoms with Crippen molar-refractivity contribution in [3.8, 4) is 0 Å². The van der Waals surface area contributed by atoms with E-state index in [9.17, 15) is 0 Å². The Morgan fingerprint density at radius 1 is 1.09 bits per heavy atom. The fourth-order valence-corrected chi connectivity index (χ4v) is 1.38. The van der Waals surface area contributed by atoms with Gasteiger partial charge in [0.25, 0.3) is 0 Å². The van der Waals surface area contributed by atoms with Crippen LogP contribution in [-0.4, -0.2) is 32.2 Å². The Bertz CT molecular complexity index is 140. The van der Waals surface area contributed by atoms with Crippen molar-refractivity contribution < 1.29 is 9.47 Å². The van der Waals surface area contributed by atoms with E-state index in [1.165, 1.54) is 0 Å². The van der Waals surface area contributed by atoms with Crippen LogP contribution in [0.4, 0.5) is 0 Å². The Hall–Kier alpha value is 0.870. The highest BCUT2D eigenvalue weighted by Crippen LogP contribution is 1.86. The Balaban J connectivity index is 2.90. The summed E-state index contributed by atoms with van der Waals surface area (Å²) in [5, 5.41) is 0. The first kappa shape index (κ1) is 11.9. The third-order valence-electron chi connectivity index (χ3n) is 1.04. The van der Waals surface area contributed by atoms with Gasteiger partial charge in [-0.05, 0) is 6.92 Å². The van der Waals surface area contributed by atoms with Gasteiger partial charge >= 0.3 is 0 Å². The van der Waals surface area contributed by atoms with E-state index in [2.05, 4.69) is 16.0 Å². The summed E-state index contributed by atoms with van der Waals surface area (Å²) < 4.78 is 10.4. The Kier molecular flexibility index (Phi) is 9.67. The normalized spacial score (nSPS) is 10.7. The van der Waals surface area contributed by atoms with Crippen LogP contribution in [0.25, 0.3) is 0 Å². The molecule has 0 unspecified atom stereocenters. The van der Waals surface area contributed by atoms with Gasteiger partial charge in [-0.25, -0.2) is 0 Å². The lowest BCUT2D eigenvalue weighted by Crippen LogP contribution is -2.06. The maximum absolute atomic E-state index is 5.28. The molecule has 0 heterocycles. The molecule has 0 saturated carbocycles. The Labute approximate surface area is 74.3 Å². The summed E-state index contributed by atoms with van der Waals surface area (Å²) in [5.74, 6) is 1.04. The molecule has 0 aliphatic heterocycles. The van der Waals surface area contributed by atoms with E-state index in [0.29, 0.717) is 13.2 Å². The summed E-state index contributed by atoms with van der Waals surface area (Å²) in [6, 6.07) is 0. The molecule has 0 aromatic rings. The maximum atomic E-state index is 5.28. The van der Waals surface area contributed by atoms with E-state index in [-0.39, 0.29) is 9.25 Å². The van der Waals surface area contributed by atoms with Gasteiger partial charge in [0.05, 0.1) is 19.8 Å². The minimum absolute atomic E-state index is 0.180. The third kappa shape index (κ3) is 10.9. The van der Waals surface area contributed by atoms with Gasteiger partial charge in [-0.15, -0.1) is 0 Å². The van der Waals surface area contributed by atoms with Gasteiger partial charge in [0.2, 0.25) is 0 Å². The van der Waals surface area contributed by atoms with E-state index in [0.717, 1.165) is 19.0 Å². The molecule has 0 fully saturated rings. The summed E-state index contributed by atoms with van der Waals surface area (Å²) >= 11 is 0. The molecule has 0 bridgehead atoms. The fraction of sp³-hybridized carbons (Fsp3) is 1.00. The molecule has 0 aliphatic carbocycles. The lowest BCUT2D eigenvalue weighted by molar-refractivity contribution is 0.0594. The van der Waals surface area contributed by atoms with Crippen molar-refractivity contribution in [3.05, 3.63) is 0 Å². The number of rotatable bonds is 7. The highest BCUT2D eigenvalue weighted by Gasteiger charge is 1.85. The molecule has 0 rings (SSSR count). The van der Waals surface area contributed by atoms with Crippen LogP contribution in [-0.2, 0) is 18.7 Å². The molecular formula is C6H16O2P2S. The van der Waals surface area contributed by atoms with Gasteiger partial charge in [-0.3, -0.25) is 0 Å². The average Bonchev–Trinajstić information content (AvgIpc) is 1.96. The lowest BCUT2D eigenvalue weighted by Gasteiger charge is -2.02. The molecular weight excluding hydrogens is 198 g/mol. The van der Waals surface area contributed by atoms with E-state index < -0.39 is 0 Å². The van der Waals surface area contributed by atoms with Crippen molar-refractivity contribution in [2.45, 2.75) is 6.92 Å². The second kappa shape index (κ2) is 8.96. The predicted molar refractivity (Wildman–Crippen MR) is 57.6 cm³/mol. The van der Waals surface area contributed by atoms with Gasteiger partial charge in [-0.1, -0.05) is 16.0 Å². The van der Waals surface area contributed by atoms with Gasteiger partial charge in [0.1, 0.15) is 0 Å². The molecule has 2 nitrogen and oxygen atoms in total. The van der Waals surface area contributed by atoms with Crippen LogP contribution in [0.3, 0.4) is 0 Å². The standard InChI is InChI=1S/C6H16O2P2S/c1-2-7-3-4-8-5-6-11(9)10/h9-11H,2-6H2,1H3. The second-order valence-corrected chi connectivity index (χ2v) is 7.84. The quantitative estimate of drug-likeness (QED) is 0.393. The highest BCUT2D eigenvalue weighted by atomic mass is 32.7. The van der Waals surface area contributed by atoms with E-state index in [4.69, 9.17) is 9.47 Å². The van der Waals surface area contributed by atoms with Gasteiger partial charge in [0, 0.05) is 12.4 Å². The van der Waals surface area contributed by atoms with Gasteiger partial charge in [-0.2, -0.15) is 9.25 Å². The average molecular weight is 214 g/mol. The minimum atomic E-state index is -0.180. The maximum Gasteiger partial charge on any atom is 0.0700 e. The molecule has 0 N–H and O–H groups in total. The smallest absolute Gasteiger partial charge is 0.0700 e. The molecule has 0 radical (unpaired) electrons. The zero-order chi connectivity index (χ0) is 8.53. The summed E-state index contributed by atoms with van der Waals surface area (Å²) in [6.45, 7) is 4.96. The fourth-order valence-electron chi connectivity index (χ4n) is 0.520. The number of hydrogen-bond acceptors (Lipinski definition) is 2. The summed E-state index contributed by atoms with van der Waals surface area (Å²) in [4.78, 5) is 0. The molecule has 0 saturated heterocycles. The van der Waals surface area contributed by atoms with Crippen LogP contribution in [0, 0.1) is 0 Å². The molecule has 0 spiro atoms. The van der Waals surface area contributed by atoms with Crippen LogP contribution in [0.5, 0.6) is 0 Å². The molecule has 0 aromatic heterocycles. The predicted octanol–water partition coefficient (Wildman–Crippen LogP) is 1.51. The van der Waals surface area contributed by atoms with Gasteiger partial charge < -0.3 is 9.47 Å². The van der Waals surface area contributed by atoms with E-state index >= 15 is 0 Å². The molecule has 0 aromatic carbocycles. The first-order valence-corrected chi connectivity index (χ1v) is 7.84. The number of hydrogen-bond donors (Lipinski definition) is 1. The zero-order valence-electron chi connectivity index (χ0n) is 6.80. The van der Waals surface area contributed by atoms with Crippen LogP contribution < -0.4 is 0 Å². The molecule has 68 valence electrons. The highest BCUT2D eigenvalue weighted by molar-refractivity contribution is 8.29. The summed E-state index contributed by atoms with van der Waals surface area (Å²) in [5.41, 5.74) is 0. The van der Waals surface area contributed by atoms with Crippen molar-refractivity contribution in [2.24, 2.45) is 0 Å². The lowest BCUT2D eigenvalue weighted by atomic mass is 10.7. The molecule has 0 atom stereocenters. The molecule has 5 heteroatoms. The topological polar surface area (TPSA) is 18.5 Å². The monoisotopic (exact) mass is 214 g/mol. The Morgan fingerprint density at radius 2 is 1.73 bits per heavy atom. The number of thiol groups is 1. The first-order valence-electron chi connectivity index (χ1n) is 3.63. The van der Waals surface area contributed by atoms with Crippen LogP contribution in [0.1, 0.15) is 6.92 Å². The van der Waals surface area contributed by atoms with Crippen molar-refractivity contribution in [2.75, 3.05) is 32.2 Å². The summed E-state index contributed by atoms with van der Waals surface area (Å²) in [6.07, 6.45) is 0. The SMILES string of the molecule is CCOCCOCC[SH](=P)=P. The largest absolute Gasteiger partial charge is 0.379 e. The van der Waals surface area contributed by atoms with E-state index in [1.807, 2.05) is 6.92 Å². The zero-order valence-corrected chi connectivity index (χ0v) is 9.69. The van der Waals surface area contributed by atoms with Crippen molar-refractivity contribution >= 4 is 25.3 Å². The number of ether oxygens (including phenoxy) is 2.